The number of nitrogens with zero attached hydrogens (tertiary/aromatic N) is 2. The van der Waals surface area contributed by atoms with Gasteiger partial charge in [0.05, 0.1) is 11.0 Å². The van der Waals surface area contributed by atoms with Crippen LogP contribution in [0.25, 0.3) is 0 Å². The first-order valence-electron chi connectivity index (χ1n) is 6.26. The number of rotatable bonds is 4. The molecular weight excluding hydrogens is 262 g/mol. The van der Waals surface area contributed by atoms with Crippen molar-refractivity contribution in [3.05, 3.63) is 39.9 Å². The topological polar surface area (TPSA) is 58.4 Å². The second-order valence-electron chi connectivity index (χ2n) is 4.86. The molecule has 1 aromatic rings. The summed E-state index contributed by atoms with van der Waals surface area (Å²) < 4.78 is 0. The maximum Gasteiger partial charge on any atom is 0.269 e. The molecule has 1 aliphatic rings. The van der Waals surface area contributed by atoms with Crippen LogP contribution in [0, 0.1) is 10.1 Å². The minimum atomic E-state index is -0.378. The molecule has 0 radical (unpaired) electrons. The minimum absolute atomic E-state index is 0.00125. The number of benzene rings is 1. The third-order valence-corrected chi connectivity index (χ3v) is 3.78. The smallest absolute Gasteiger partial charge is 0.269 e. The van der Waals surface area contributed by atoms with Gasteiger partial charge in [-0.15, -0.1) is 0 Å². The molecule has 5 nitrogen and oxygen atoms in total. The van der Waals surface area contributed by atoms with Gasteiger partial charge in [0.15, 0.2) is 5.11 Å². The number of hydrogen-bond donors (Lipinski definition) is 1. The van der Waals surface area contributed by atoms with E-state index in [0.717, 1.165) is 5.56 Å². The molecule has 0 aromatic heterocycles. The predicted molar refractivity (Wildman–Crippen MR) is 78.0 cm³/mol. The summed E-state index contributed by atoms with van der Waals surface area (Å²) in [6, 6.07) is 7.19. The zero-order chi connectivity index (χ0) is 14.0. The van der Waals surface area contributed by atoms with Gasteiger partial charge in [0, 0.05) is 25.2 Å². The number of nitro groups is 1. The minimum Gasteiger partial charge on any atom is -0.360 e. The molecule has 102 valence electrons. The van der Waals surface area contributed by atoms with Crippen molar-refractivity contribution in [2.45, 2.75) is 31.8 Å². The van der Waals surface area contributed by atoms with E-state index in [9.17, 15) is 10.1 Å². The van der Waals surface area contributed by atoms with Crippen molar-refractivity contribution >= 4 is 23.0 Å². The average molecular weight is 279 g/mol. The van der Waals surface area contributed by atoms with Crippen molar-refractivity contribution < 1.29 is 4.92 Å². The standard InChI is InChI=1S/C13H17N3O2S/c1-9(15(2)13(19)14-11-6-7-11)10-4-3-5-12(8-10)16(17)18/h3-5,8-9,11H,6-7H2,1-2H3,(H,14,19)/t9-/m0/s1. The normalized spacial score (nSPS) is 15.7. The van der Waals surface area contributed by atoms with Crippen LogP contribution in [0.2, 0.25) is 0 Å². The Hall–Kier alpha value is -1.69. The zero-order valence-electron chi connectivity index (χ0n) is 11.0. The molecule has 1 saturated carbocycles. The lowest BCUT2D eigenvalue weighted by Crippen LogP contribution is -2.39. The van der Waals surface area contributed by atoms with Crippen molar-refractivity contribution in [1.29, 1.82) is 0 Å². The highest BCUT2D eigenvalue weighted by Crippen LogP contribution is 2.24. The Bertz CT molecular complexity index is 502. The van der Waals surface area contributed by atoms with E-state index in [1.54, 1.807) is 12.1 Å². The van der Waals surface area contributed by atoms with Gasteiger partial charge in [-0.25, -0.2) is 0 Å². The van der Waals surface area contributed by atoms with E-state index in [1.807, 2.05) is 24.9 Å². The average Bonchev–Trinajstić information content (AvgIpc) is 3.21. The summed E-state index contributed by atoms with van der Waals surface area (Å²) >= 11 is 5.33. The highest BCUT2D eigenvalue weighted by molar-refractivity contribution is 7.80. The Morgan fingerprint density at radius 1 is 1.58 bits per heavy atom. The molecule has 1 N–H and O–H groups in total. The molecule has 1 fully saturated rings. The summed E-state index contributed by atoms with van der Waals surface area (Å²) in [4.78, 5) is 12.3. The number of hydrogen-bond acceptors (Lipinski definition) is 3. The number of thiocarbonyl (C=S) groups is 1. The van der Waals surface area contributed by atoms with Crippen LogP contribution in [0.1, 0.15) is 31.4 Å². The summed E-state index contributed by atoms with van der Waals surface area (Å²) in [5.41, 5.74) is 0.996. The van der Waals surface area contributed by atoms with Gasteiger partial charge in [0.2, 0.25) is 0 Å². The molecule has 0 unspecified atom stereocenters. The van der Waals surface area contributed by atoms with Gasteiger partial charge in [-0.3, -0.25) is 10.1 Å². The molecule has 1 atom stereocenters. The lowest BCUT2D eigenvalue weighted by Gasteiger charge is -2.28. The molecule has 0 amide bonds. The molecule has 0 saturated heterocycles. The van der Waals surface area contributed by atoms with Gasteiger partial charge in [-0.2, -0.15) is 0 Å². The fourth-order valence-corrected chi connectivity index (χ4v) is 2.13. The molecule has 1 aromatic carbocycles. The number of nitrogens with one attached hydrogen (secondary N) is 1. The maximum absolute atomic E-state index is 10.8. The Balaban J connectivity index is 2.08. The molecule has 0 aliphatic heterocycles. The van der Waals surface area contributed by atoms with Gasteiger partial charge in [-0.1, -0.05) is 12.1 Å². The molecule has 0 bridgehead atoms. The molecular formula is C13H17N3O2S. The molecule has 19 heavy (non-hydrogen) atoms. The predicted octanol–water partition coefficient (Wildman–Crippen LogP) is 2.62. The highest BCUT2D eigenvalue weighted by Gasteiger charge is 2.24. The Morgan fingerprint density at radius 2 is 2.26 bits per heavy atom. The fraction of sp³-hybridized carbons (Fsp3) is 0.462. The van der Waals surface area contributed by atoms with E-state index in [0.29, 0.717) is 11.2 Å². The maximum atomic E-state index is 10.8. The summed E-state index contributed by atoms with van der Waals surface area (Å²) in [7, 11) is 1.90. The first-order chi connectivity index (χ1) is 8.99. The molecule has 0 heterocycles. The quantitative estimate of drug-likeness (QED) is 0.521. The third-order valence-electron chi connectivity index (χ3n) is 3.37. The van der Waals surface area contributed by atoms with Crippen LogP contribution in [0.15, 0.2) is 24.3 Å². The lowest BCUT2D eigenvalue weighted by molar-refractivity contribution is -0.384. The summed E-state index contributed by atoms with van der Waals surface area (Å²) in [6.45, 7) is 1.99. The van der Waals surface area contributed by atoms with Gasteiger partial charge < -0.3 is 10.2 Å². The molecule has 6 heteroatoms. The third kappa shape index (κ3) is 3.41. The van der Waals surface area contributed by atoms with Crippen molar-refractivity contribution in [2.24, 2.45) is 0 Å². The van der Waals surface area contributed by atoms with Crippen LogP contribution in [-0.2, 0) is 0 Å². The second kappa shape index (κ2) is 5.52. The van der Waals surface area contributed by atoms with E-state index in [1.165, 1.54) is 18.9 Å². The zero-order valence-corrected chi connectivity index (χ0v) is 11.8. The first-order valence-corrected chi connectivity index (χ1v) is 6.67. The van der Waals surface area contributed by atoms with Crippen LogP contribution < -0.4 is 5.32 Å². The van der Waals surface area contributed by atoms with Crippen LogP contribution in [0.4, 0.5) is 5.69 Å². The second-order valence-corrected chi connectivity index (χ2v) is 5.25. The van der Waals surface area contributed by atoms with Gasteiger partial charge >= 0.3 is 0 Å². The molecule has 0 spiro atoms. The van der Waals surface area contributed by atoms with Gasteiger partial charge in [0.1, 0.15) is 0 Å². The first kappa shape index (κ1) is 13.7. The Labute approximate surface area is 117 Å². The van der Waals surface area contributed by atoms with Crippen molar-refractivity contribution in [2.75, 3.05) is 7.05 Å². The fourth-order valence-electron chi connectivity index (χ4n) is 1.80. The van der Waals surface area contributed by atoms with Crippen LogP contribution in [-0.4, -0.2) is 28.0 Å². The highest BCUT2D eigenvalue weighted by atomic mass is 32.1. The van der Waals surface area contributed by atoms with E-state index in [-0.39, 0.29) is 16.7 Å². The van der Waals surface area contributed by atoms with E-state index in [2.05, 4.69) is 5.32 Å². The van der Waals surface area contributed by atoms with Crippen LogP contribution in [0.5, 0.6) is 0 Å². The lowest BCUT2D eigenvalue weighted by atomic mass is 10.1. The molecule has 1 aliphatic carbocycles. The largest absolute Gasteiger partial charge is 0.360 e. The van der Waals surface area contributed by atoms with Gasteiger partial charge in [-0.05, 0) is 37.5 Å². The SMILES string of the molecule is C[C@@H](c1cccc([N+](=O)[O-])c1)N(C)C(=S)NC1CC1. The van der Waals surface area contributed by atoms with E-state index >= 15 is 0 Å². The van der Waals surface area contributed by atoms with Crippen LogP contribution >= 0.6 is 12.2 Å². The monoisotopic (exact) mass is 279 g/mol. The summed E-state index contributed by atoms with van der Waals surface area (Å²) in [5, 5.41) is 14.7. The number of nitro benzene ring substituents is 1. The number of non-ortho nitro benzene ring substituents is 1. The molecule has 2 rings (SSSR count). The van der Waals surface area contributed by atoms with E-state index < -0.39 is 0 Å². The van der Waals surface area contributed by atoms with Crippen molar-refractivity contribution in [1.82, 2.24) is 10.2 Å². The Morgan fingerprint density at radius 3 is 2.84 bits per heavy atom. The van der Waals surface area contributed by atoms with Crippen molar-refractivity contribution in [3.8, 4) is 0 Å². The van der Waals surface area contributed by atoms with E-state index in [4.69, 9.17) is 12.2 Å². The Kier molecular flexibility index (Phi) is 3.99. The van der Waals surface area contributed by atoms with Gasteiger partial charge in [0.25, 0.3) is 5.69 Å². The summed E-state index contributed by atoms with van der Waals surface area (Å²) in [5.74, 6) is 0. The van der Waals surface area contributed by atoms with Crippen LogP contribution in [0.3, 0.4) is 0 Å². The van der Waals surface area contributed by atoms with Crippen molar-refractivity contribution in [3.63, 3.8) is 0 Å². The summed E-state index contributed by atoms with van der Waals surface area (Å²) in [6.07, 6.45) is 2.33.